The first kappa shape index (κ1) is 21.2. The van der Waals surface area contributed by atoms with Crippen LogP contribution in [0, 0.1) is 5.92 Å². The molecule has 0 radical (unpaired) electrons. The molecule has 0 heterocycles. The van der Waals surface area contributed by atoms with Crippen molar-refractivity contribution in [2.24, 2.45) is 5.92 Å². The molecule has 2 aromatic carbocycles. The summed E-state index contributed by atoms with van der Waals surface area (Å²) in [5.41, 5.74) is 1.27. The molecule has 2 N–H and O–H groups in total. The maximum absolute atomic E-state index is 12.8. The summed E-state index contributed by atoms with van der Waals surface area (Å²) in [7, 11) is 0. The first-order valence-electron chi connectivity index (χ1n) is 9.28. The highest BCUT2D eigenvalue weighted by Crippen LogP contribution is 2.08. The lowest BCUT2D eigenvalue weighted by Crippen LogP contribution is -2.55. The van der Waals surface area contributed by atoms with Gasteiger partial charge in [0.05, 0.1) is 12.0 Å². The fourth-order valence-electron chi connectivity index (χ4n) is 2.85. The third-order valence-corrected chi connectivity index (χ3v) is 4.25. The minimum Gasteiger partial charge on any atom is -0.548 e. The van der Waals surface area contributed by atoms with Crippen LogP contribution in [-0.2, 0) is 16.0 Å². The monoisotopic (exact) mass is 381 g/mol. The molecule has 0 fully saturated rings. The maximum Gasteiger partial charge on any atom is 0.251 e. The summed E-state index contributed by atoms with van der Waals surface area (Å²) in [5.74, 6) is -2.22. The zero-order valence-corrected chi connectivity index (χ0v) is 16.1. The number of carboxylic acid groups (broad SMARTS) is 1. The van der Waals surface area contributed by atoms with Gasteiger partial charge < -0.3 is 20.5 Å². The molecule has 28 heavy (non-hydrogen) atoms. The number of nitrogens with one attached hydrogen (secondary N) is 2. The van der Waals surface area contributed by atoms with Crippen LogP contribution in [0.15, 0.2) is 60.7 Å². The zero-order valence-electron chi connectivity index (χ0n) is 16.1. The molecule has 0 aliphatic heterocycles. The molecule has 6 heteroatoms. The third-order valence-electron chi connectivity index (χ3n) is 4.25. The highest BCUT2D eigenvalue weighted by Gasteiger charge is 2.25. The van der Waals surface area contributed by atoms with E-state index in [4.69, 9.17) is 0 Å². The molecule has 148 valence electrons. The molecule has 0 aromatic heterocycles. The highest BCUT2D eigenvalue weighted by atomic mass is 16.4. The van der Waals surface area contributed by atoms with Crippen LogP contribution in [0.25, 0.3) is 0 Å². The Morgan fingerprint density at radius 1 is 0.857 bits per heavy atom. The minimum absolute atomic E-state index is 0.0645. The van der Waals surface area contributed by atoms with Crippen molar-refractivity contribution in [3.63, 3.8) is 0 Å². The van der Waals surface area contributed by atoms with Gasteiger partial charge in [0, 0.05) is 12.0 Å². The molecule has 2 atom stereocenters. The van der Waals surface area contributed by atoms with Gasteiger partial charge in [0.2, 0.25) is 5.91 Å². The van der Waals surface area contributed by atoms with Crippen molar-refractivity contribution >= 4 is 17.8 Å². The smallest absolute Gasteiger partial charge is 0.251 e. The van der Waals surface area contributed by atoms with Crippen LogP contribution in [-0.4, -0.2) is 29.9 Å². The van der Waals surface area contributed by atoms with Gasteiger partial charge in [-0.3, -0.25) is 9.59 Å². The van der Waals surface area contributed by atoms with E-state index in [1.807, 2.05) is 44.2 Å². The molecule has 2 aromatic rings. The highest BCUT2D eigenvalue weighted by molar-refractivity contribution is 5.98. The van der Waals surface area contributed by atoms with E-state index < -0.39 is 29.9 Å². The summed E-state index contributed by atoms with van der Waals surface area (Å²) in [6, 6.07) is 15.8. The van der Waals surface area contributed by atoms with Crippen LogP contribution in [0.3, 0.4) is 0 Å². The standard InChI is InChI=1S/C22H26N2O4/c1-15(2)13-19(22(27)28)24-21(26)18(14-16-9-5-3-6-10-16)23-20(25)17-11-7-4-8-12-17/h3-12,15,18-19H,13-14H2,1-2H3,(H,23,25)(H,24,26)(H,27,28)/p-1/t18-,19+/m0/s1. The Labute approximate surface area is 165 Å². The number of rotatable bonds is 9. The Balaban J connectivity index is 2.17. The van der Waals surface area contributed by atoms with Crippen LogP contribution in [0.4, 0.5) is 0 Å². The normalized spacial score (nSPS) is 12.8. The van der Waals surface area contributed by atoms with Gasteiger partial charge in [-0.2, -0.15) is 0 Å². The molecule has 2 amide bonds. The Morgan fingerprint density at radius 3 is 1.96 bits per heavy atom. The largest absolute Gasteiger partial charge is 0.548 e. The average Bonchev–Trinajstić information content (AvgIpc) is 2.68. The van der Waals surface area contributed by atoms with Crippen LogP contribution in [0.5, 0.6) is 0 Å². The topological polar surface area (TPSA) is 98.3 Å². The molecule has 0 spiro atoms. The Kier molecular flexibility index (Phi) is 7.75. The fourth-order valence-corrected chi connectivity index (χ4v) is 2.85. The number of carbonyl (C=O) groups is 3. The van der Waals surface area contributed by atoms with Crippen molar-refractivity contribution in [1.29, 1.82) is 0 Å². The Hall–Kier alpha value is -3.15. The van der Waals surface area contributed by atoms with Gasteiger partial charge in [0.15, 0.2) is 0 Å². The van der Waals surface area contributed by atoms with E-state index in [0.29, 0.717) is 5.56 Å². The predicted octanol–water partition coefficient (Wildman–Crippen LogP) is 1.31. The summed E-state index contributed by atoms with van der Waals surface area (Å²) < 4.78 is 0. The van der Waals surface area contributed by atoms with Gasteiger partial charge in [0.1, 0.15) is 6.04 Å². The number of amides is 2. The second-order valence-electron chi connectivity index (χ2n) is 7.09. The van der Waals surface area contributed by atoms with Gasteiger partial charge >= 0.3 is 0 Å². The summed E-state index contributed by atoms with van der Waals surface area (Å²) in [6.07, 6.45) is 0.492. The zero-order chi connectivity index (χ0) is 20.5. The number of carboxylic acids is 1. The molecular weight excluding hydrogens is 356 g/mol. The number of hydrogen-bond acceptors (Lipinski definition) is 4. The van der Waals surface area contributed by atoms with Crippen LogP contribution in [0.1, 0.15) is 36.2 Å². The Bertz CT molecular complexity index is 791. The van der Waals surface area contributed by atoms with Crippen LogP contribution < -0.4 is 15.7 Å². The van der Waals surface area contributed by atoms with Crippen molar-refractivity contribution in [1.82, 2.24) is 10.6 Å². The van der Waals surface area contributed by atoms with E-state index >= 15 is 0 Å². The van der Waals surface area contributed by atoms with Gasteiger partial charge in [-0.15, -0.1) is 0 Å². The predicted molar refractivity (Wildman–Crippen MR) is 104 cm³/mol. The lowest BCUT2D eigenvalue weighted by atomic mass is 10.0. The van der Waals surface area contributed by atoms with E-state index in [1.54, 1.807) is 30.3 Å². The van der Waals surface area contributed by atoms with Crippen LogP contribution in [0.2, 0.25) is 0 Å². The minimum atomic E-state index is -1.34. The average molecular weight is 381 g/mol. The number of benzene rings is 2. The summed E-state index contributed by atoms with van der Waals surface area (Å²) in [4.78, 5) is 36.7. The fraction of sp³-hybridized carbons (Fsp3) is 0.318. The molecule has 2 rings (SSSR count). The van der Waals surface area contributed by atoms with E-state index in [-0.39, 0.29) is 18.8 Å². The van der Waals surface area contributed by atoms with Gasteiger partial charge in [0.25, 0.3) is 5.91 Å². The molecule has 0 bridgehead atoms. The van der Waals surface area contributed by atoms with Crippen LogP contribution >= 0.6 is 0 Å². The molecule has 0 saturated heterocycles. The van der Waals surface area contributed by atoms with Gasteiger partial charge in [-0.25, -0.2) is 0 Å². The quantitative estimate of drug-likeness (QED) is 0.684. The second kappa shape index (κ2) is 10.3. The summed E-state index contributed by atoms with van der Waals surface area (Å²) in [5, 5.41) is 16.6. The van der Waals surface area contributed by atoms with Crippen molar-refractivity contribution in [3.05, 3.63) is 71.8 Å². The van der Waals surface area contributed by atoms with Crippen molar-refractivity contribution in [2.45, 2.75) is 38.8 Å². The van der Waals surface area contributed by atoms with Gasteiger partial charge in [-0.05, 0) is 30.0 Å². The van der Waals surface area contributed by atoms with Gasteiger partial charge in [-0.1, -0.05) is 62.4 Å². The van der Waals surface area contributed by atoms with Crippen molar-refractivity contribution < 1.29 is 19.5 Å². The second-order valence-corrected chi connectivity index (χ2v) is 7.09. The summed E-state index contributed by atoms with van der Waals surface area (Å²) >= 11 is 0. The number of hydrogen-bond donors (Lipinski definition) is 2. The van der Waals surface area contributed by atoms with Crippen molar-refractivity contribution in [2.75, 3.05) is 0 Å². The SMILES string of the molecule is CC(C)C[C@@H](NC(=O)[C@H](Cc1ccccc1)NC(=O)c1ccccc1)C(=O)[O-]. The van der Waals surface area contributed by atoms with Crippen molar-refractivity contribution in [3.8, 4) is 0 Å². The van der Waals surface area contributed by atoms with E-state index in [2.05, 4.69) is 10.6 Å². The lowest BCUT2D eigenvalue weighted by Gasteiger charge is -2.25. The van der Waals surface area contributed by atoms with E-state index in [9.17, 15) is 19.5 Å². The molecule has 6 nitrogen and oxygen atoms in total. The molecular formula is C22H25N2O4-. The van der Waals surface area contributed by atoms with E-state index in [1.165, 1.54) is 0 Å². The molecule has 0 aliphatic rings. The number of carbonyl (C=O) groups excluding carboxylic acids is 3. The molecule has 0 saturated carbocycles. The molecule has 0 aliphatic carbocycles. The molecule has 0 unspecified atom stereocenters. The number of aliphatic carboxylic acids is 1. The third kappa shape index (κ3) is 6.54. The van der Waals surface area contributed by atoms with E-state index in [0.717, 1.165) is 5.56 Å². The summed E-state index contributed by atoms with van der Waals surface area (Å²) in [6.45, 7) is 3.72. The first-order chi connectivity index (χ1) is 13.4. The Morgan fingerprint density at radius 2 is 1.43 bits per heavy atom. The lowest BCUT2D eigenvalue weighted by molar-refractivity contribution is -0.308. The first-order valence-corrected chi connectivity index (χ1v) is 9.28. The maximum atomic E-state index is 12.8.